The van der Waals surface area contributed by atoms with Crippen LogP contribution in [-0.4, -0.2) is 39.1 Å². The summed E-state index contributed by atoms with van der Waals surface area (Å²) in [5.41, 5.74) is 18.3. The van der Waals surface area contributed by atoms with E-state index in [0.717, 1.165) is 16.8 Å². The Kier molecular flexibility index (Phi) is 4.07. The lowest BCUT2D eigenvalue weighted by Gasteiger charge is -2.43. The van der Waals surface area contributed by atoms with Gasteiger partial charge in [0.25, 0.3) is 0 Å². The molecule has 26 heavy (non-hydrogen) atoms. The second-order valence-electron chi connectivity index (χ2n) is 8.96. The quantitative estimate of drug-likeness (QED) is 0.804. The van der Waals surface area contributed by atoms with Crippen LogP contribution in [0.15, 0.2) is 35.9 Å². The van der Waals surface area contributed by atoms with Crippen LogP contribution < -0.4 is 16.4 Å². The normalized spacial score (nSPS) is 31.7. The minimum atomic E-state index is -0.894. The third kappa shape index (κ3) is 2.55. The molecule has 0 aliphatic heterocycles. The fourth-order valence-electron chi connectivity index (χ4n) is 5.29. The lowest BCUT2D eigenvalue weighted by Crippen LogP contribution is -2.47. The lowest BCUT2D eigenvalue weighted by atomic mass is 9.67. The zero-order valence-electron chi connectivity index (χ0n) is 16.7. The average Bonchev–Trinajstić information content (AvgIpc) is 2.79. The molecule has 1 fully saturated rings. The summed E-state index contributed by atoms with van der Waals surface area (Å²) in [6.07, 6.45) is 7.28. The maximum absolute atomic E-state index is 6.70. The highest BCUT2D eigenvalue weighted by Crippen LogP contribution is 2.52. The fourth-order valence-corrected chi connectivity index (χ4v) is 5.29. The molecule has 0 radical (unpaired) electrons. The number of nitrogens with two attached hydrogens (primary N) is 2. The van der Waals surface area contributed by atoms with Gasteiger partial charge < -0.3 is 21.3 Å². The van der Waals surface area contributed by atoms with Crippen LogP contribution >= 0.6 is 0 Å². The van der Waals surface area contributed by atoms with Gasteiger partial charge in [-0.3, -0.25) is 0 Å². The van der Waals surface area contributed by atoms with Crippen LogP contribution in [0, 0.1) is 17.8 Å². The molecule has 0 heterocycles. The maximum Gasteiger partial charge on any atom is 0.117 e. The molecule has 0 saturated heterocycles. The molecular formula is C22H32N4. The molecule has 0 aromatic heterocycles. The Morgan fingerprint density at radius 1 is 1.00 bits per heavy atom. The first-order valence-electron chi connectivity index (χ1n) is 9.71. The van der Waals surface area contributed by atoms with E-state index in [1.807, 2.05) is 14.1 Å². The monoisotopic (exact) mass is 352 g/mol. The van der Waals surface area contributed by atoms with Gasteiger partial charge in [-0.25, -0.2) is 0 Å². The maximum atomic E-state index is 6.70. The SMILES string of the molecule is CC1CC2C=C3C(=CC2CC1N(C)C)C(N)(N)c1cc(N(C)C)ccc13. The molecule has 1 saturated carbocycles. The largest absolute Gasteiger partial charge is 0.378 e. The van der Waals surface area contributed by atoms with Gasteiger partial charge in [-0.05, 0) is 73.5 Å². The van der Waals surface area contributed by atoms with Gasteiger partial charge in [0.1, 0.15) is 5.66 Å². The molecule has 4 N–H and O–H groups in total. The number of fused-ring (bicyclic) bond motifs is 4. The van der Waals surface area contributed by atoms with Crippen molar-refractivity contribution in [3.05, 3.63) is 47.1 Å². The van der Waals surface area contributed by atoms with E-state index in [1.165, 1.54) is 24.0 Å². The van der Waals surface area contributed by atoms with Crippen LogP contribution in [0.2, 0.25) is 0 Å². The zero-order valence-corrected chi connectivity index (χ0v) is 16.7. The van der Waals surface area contributed by atoms with Crippen LogP contribution in [0.5, 0.6) is 0 Å². The first kappa shape index (κ1) is 17.8. The molecule has 4 nitrogen and oxygen atoms in total. The van der Waals surface area contributed by atoms with Crippen molar-refractivity contribution in [2.45, 2.75) is 31.5 Å². The van der Waals surface area contributed by atoms with E-state index in [2.05, 4.69) is 61.2 Å². The summed E-state index contributed by atoms with van der Waals surface area (Å²) in [5.74, 6) is 1.83. The Balaban J connectivity index is 1.77. The summed E-state index contributed by atoms with van der Waals surface area (Å²) in [6, 6.07) is 7.14. The molecule has 4 heteroatoms. The van der Waals surface area contributed by atoms with Crippen LogP contribution in [0.3, 0.4) is 0 Å². The fraction of sp³-hybridized carbons (Fsp3) is 0.545. The van der Waals surface area contributed by atoms with Crippen molar-refractivity contribution in [1.29, 1.82) is 0 Å². The summed E-state index contributed by atoms with van der Waals surface area (Å²) in [4.78, 5) is 4.48. The molecule has 3 aliphatic rings. The molecule has 140 valence electrons. The Hall–Kier alpha value is -1.62. The Morgan fingerprint density at radius 2 is 1.69 bits per heavy atom. The highest BCUT2D eigenvalue weighted by molar-refractivity contribution is 5.91. The van der Waals surface area contributed by atoms with Gasteiger partial charge in [0.2, 0.25) is 0 Å². The van der Waals surface area contributed by atoms with Gasteiger partial charge >= 0.3 is 0 Å². The number of rotatable bonds is 2. The standard InChI is InChI=1S/C22H32N4/c1-13-8-14-9-18-17-7-6-16(25(2)3)12-20(17)22(23,24)19(18)10-15(14)11-21(13)26(4)5/h6-7,9-10,12-15,21H,8,11,23-24H2,1-5H3. The van der Waals surface area contributed by atoms with E-state index in [0.29, 0.717) is 23.8 Å². The number of anilines is 1. The summed E-state index contributed by atoms with van der Waals surface area (Å²) >= 11 is 0. The van der Waals surface area contributed by atoms with Crippen molar-refractivity contribution in [3.8, 4) is 0 Å². The molecule has 0 amide bonds. The van der Waals surface area contributed by atoms with Gasteiger partial charge in [-0.1, -0.05) is 25.1 Å². The number of hydrogen-bond acceptors (Lipinski definition) is 4. The van der Waals surface area contributed by atoms with Crippen molar-refractivity contribution in [3.63, 3.8) is 0 Å². The van der Waals surface area contributed by atoms with E-state index in [-0.39, 0.29) is 0 Å². The highest BCUT2D eigenvalue weighted by Gasteiger charge is 2.45. The van der Waals surface area contributed by atoms with E-state index in [4.69, 9.17) is 11.5 Å². The predicted octanol–water partition coefficient (Wildman–Crippen LogP) is 2.75. The molecule has 1 aromatic carbocycles. The average molecular weight is 353 g/mol. The summed E-state index contributed by atoms with van der Waals surface area (Å²) in [6.45, 7) is 2.39. The highest BCUT2D eigenvalue weighted by atomic mass is 15.1. The van der Waals surface area contributed by atoms with Crippen LogP contribution in [-0.2, 0) is 5.66 Å². The van der Waals surface area contributed by atoms with Crippen LogP contribution in [0.1, 0.15) is 30.9 Å². The predicted molar refractivity (Wildman–Crippen MR) is 110 cm³/mol. The molecule has 0 bridgehead atoms. The van der Waals surface area contributed by atoms with Gasteiger partial charge in [-0.15, -0.1) is 0 Å². The third-order valence-corrected chi connectivity index (χ3v) is 6.78. The summed E-state index contributed by atoms with van der Waals surface area (Å²) in [7, 11) is 8.49. The van der Waals surface area contributed by atoms with E-state index in [9.17, 15) is 0 Å². The lowest BCUT2D eigenvalue weighted by molar-refractivity contribution is 0.119. The van der Waals surface area contributed by atoms with E-state index < -0.39 is 5.66 Å². The van der Waals surface area contributed by atoms with Crippen LogP contribution in [0.25, 0.3) is 5.57 Å². The minimum Gasteiger partial charge on any atom is -0.378 e. The molecule has 1 aromatic rings. The van der Waals surface area contributed by atoms with Gasteiger partial charge in [0.05, 0.1) is 0 Å². The van der Waals surface area contributed by atoms with Gasteiger partial charge in [-0.2, -0.15) is 0 Å². The van der Waals surface area contributed by atoms with Gasteiger partial charge in [0, 0.05) is 31.4 Å². The van der Waals surface area contributed by atoms with Crippen molar-refractivity contribution in [2.75, 3.05) is 33.1 Å². The smallest absolute Gasteiger partial charge is 0.117 e. The van der Waals surface area contributed by atoms with Crippen molar-refractivity contribution in [2.24, 2.45) is 29.2 Å². The van der Waals surface area contributed by atoms with Crippen molar-refractivity contribution >= 4 is 11.3 Å². The summed E-state index contributed by atoms with van der Waals surface area (Å²) in [5, 5.41) is 0. The molecule has 4 unspecified atom stereocenters. The van der Waals surface area contributed by atoms with Crippen molar-refractivity contribution in [1.82, 2.24) is 4.90 Å². The number of allylic oxidation sites excluding steroid dienone is 2. The van der Waals surface area contributed by atoms with Gasteiger partial charge in [0.15, 0.2) is 0 Å². The van der Waals surface area contributed by atoms with E-state index in [1.54, 1.807) is 0 Å². The second kappa shape index (κ2) is 5.95. The second-order valence-corrected chi connectivity index (χ2v) is 8.96. The minimum absolute atomic E-state index is 0.534. The first-order chi connectivity index (χ1) is 12.2. The molecule has 3 aliphatic carbocycles. The van der Waals surface area contributed by atoms with Crippen LogP contribution in [0.4, 0.5) is 5.69 Å². The topological polar surface area (TPSA) is 58.5 Å². The first-order valence-corrected chi connectivity index (χ1v) is 9.71. The van der Waals surface area contributed by atoms with Crippen molar-refractivity contribution < 1.29 is 0 Å². The number of benzene rings is 1. The summed E-state index contributed by atoms with van der Waals surface area (Å²) < 4.78 is 0. The molecule has 4 atom stereocenters. The Morgan fingerprint density at radius 3 is 2.35 bits per heavy atom. The third-order valence-electron chi connectivity index (χ3n) is 6.78. The zero-order chi connectivity index (χ0) is 18.8. The number of nitrogens with zero attached hydrogens (tertiary/aromatic N) is 2. The van der Waals surface area contributed by atoms with E-state index >= 15 is 0 Å². The Bertz CT molecular complexity index is 787. The Labute approximate surface area is 157 Å². The molecule has 4 rings (SSSR count). The number of hydrogen-bond donors (Lipinski definition) is 2. The molecular weight excluding hydrogens is 320 g/mol. The molecule has 0 spiro atoms.